The van der Waals surface area contributed by atoms with Gasteiger partial charge in [0.25, 0.3) is 0 Å². The highest BCUT2D eigenvalue weighted by molar-refractivity contribution is 6.35. The Morgan fingerprint density at radius 3 is 2.40 bits per heavy atom. The van der Waals surface area contributed by atoms with Crippen LogP contribution >= 0.6 is 11.6 Å². The molecule has 0 amide bonds. The van der Waals surface area contributed by atoms with Gasteiger partial charge in [-0.05, 0) is 43.2 Å². The molecular weight excluding hydrogens is 270 g/mol. The van der Waals surface area contributed by atoms with Crippen molar-refractivity contribution in [2.45, 2.75) is 13.8 Å². The maximum Gasteiger partial charge on any atom is 0.138 e. The molecule has 2 aromatic carbocycles. The lowest BCUT2D eigenvalue weighted by molar-refractivity contribution is 0.480. The van der Waals surface area contributed by atoms with Crippen molar-refractivity contribution in [3.63, 3.8) is 0 Å². The van der Waals surface area contributed by atoms with Gasteiger partial charge in [0.2, 0.25) is 0 Å². The van der Waals surface area contributed by atoms with Crippen LogP contribution in [-0.4, -0.2) is 4.98 Å². The Morgan fingerprint density at radius 1 is 0.950 bits per heavy atom. The lowest BCUT2D eigenvalue weighted by Gasteiger charge is -2.13. The van der Waals surface area contributed by atoms with Crippen LogP contribution in [0.4, 0.5) is 0 Å². The average Bonchev–Trinajstić information content (AvgIpc) is 2.44. The van der Waals surface area contributed by atoms with E-state index in [1.807, 2.05) is 56.3 Å². The Morgan fingerprint density at radius 2 is 1.65 bits per heavy atom. The van der Waals surface area contributed by atoms with Crippen LogP contribution in [0.3, 0.4) is 0 Å². The van der Waals surface area contributed by atoms with Crippen molar-refractivity contribution in [3.05, 3.63) is 64.8 Å². The molecule has 0 N–H and O–H groups in total. The van der Waals surface area contributed by atoms with Crippen LogP contribution in [0.5, 0.6) is 11.5 Å². The van der Waals surface area contributed by atoms with E-state index < -0.39 is 0 Å². The first kappa shape index (κ1) is 12.9. The molecule has 1 aromatic heterocycles. The topological polar surface area (TPSA) is 22.1 Å². The van der Waals surface area contributed by atoms with E-state index in [1.165, 1.54) is 0 Å². The minimum Gasteiger partial charge on any atom is -0.456 e. The minimum atomic E-state index is 0.634. The van der Waals surface area contributed by atoms with Crippen LogP contribution in [0.25, 0.3) is 10.9 Å². The van der Waals surface area contributed by atoms with E-state index in [1.54, 1.807) is 6.20 Å². The summed E-state index contributed by atoms with van der Waals surface area (Å²) in [6.45, 7) is 4.08. The number of nitrogens with zero attached hydrogens (tertiary/aromatic N) is 1. The van der Waals surface area contributed by atoms with Crippen LogP contribution in [0.2, 0.25) is 5.02 Å². The molecule has 0 saturated carbocycles. The Labute approximate surface area is 123 Å². The molecule has 1 heterocycles. The monoisotopic (exact) mass is 283 g/mol. The molecule has 0 fully saturated rings. The number of rotatable bonds is 2. The predicted molar refractivity (Wildman–Crippen MR) is 82.7 cm³/mol. The van der Waals surface area contributed by atoms with Gasteiger partial charge in [-0.2, -0.15) is 0 Å². The summed E-state index contributed by atoms with van der Waals surface area (Å²) in [6.07, 6.45) is 1.72. The van der Waals surface area contributed by atoms with Crippen molar-refractivity contribution in [2.75, 3.05) is 0 Å². The maximum atomic E-state index is 6.18. The largest absolute Gasteiger partial charge is 0.456 e. The molecule has 20 heavy (non-hydrogen) atoms. The van der Waals surface area contributed by atoms with E-state index in [4.69, 9.17) is 16.3 Å². The molecule has 0 spiro atoms. The van der Waals surface area contributed by atoms with Gasteiger partial charge < -0.3 is 4.74 Å². The van der Waals surface area contributed by atoms with Gasteiger partial charge in [0.05, 0.1) is 10.5 Å². The fourth-order valence-corrected chi connectivity index (χ4v) is 2.50. The molecule has 3 rings (SSSR count). The van der Waals surface area contributed by atoms with E-state index in [0.717, 1.165) is 33.5 Å². The third-order valence-electron chi connectivity index (χ3n) is 3.30. The molecule has 2 nitrogen and oxygen atoms in total. The highest BCUT2D eigenvalue weighted by atomic mass is 35.5. The van der Waals surface area contributed by atoms with Crippen molar-refractivity contribution < 1.29 is 4.74 Å². The molecule has 0 radical (unpaired) electrons. The number of para-hydroxylation sites is 2. The van der Waals surface area contributed by atoms with Gasteiger partial charge in [-0.1, -0.05) is 35.9 Å². The number of benzene rings is 2. The maximum absolute atomic E-state index is 6.18. The molecule has 0 bridgehead atoms. The van der Waals surface area contributed by atoms with E-state index in [2.05, 4.69) is 4.98 Å². The number of fused-ring (bicyclic) bond motifs is 1. The Bertz CT molecular complexity index is 763. The smallest absolute Gasteiger partial charge is 0.138 e. The lowest BCUT2D eigenvalue weighted by atomic mass is 10.1. The lowest BCUT2D eigenvalue weighted by Crippen LogP contribution is -1.92. The summed E-state index contributed by atoms with van der Waals surface area (Å²) in [6, 6.07) is 13.7. The summed E-state index contributed by atoms with van der Waals surface area (Å²) < 4.78 is 6.11. The number of hydrogen-bond acceptors (Lipinski definition) is 2. The van der Waals surface area contributed by atoms with Crippen molar-refractivity contribution in [3.8, 4) is 11.5 Å². The van der Waals surface area contributed by atoms with Gasteiger partial charge in [0.15, 0.2) is 0 Å². The highest BCUT2D eigenvalue weighted by Gasteiger charge is 2.09. The Hall–Kier alpha value is -2.06. The van der Waals surface area contributed by atoms with Crippen molar-refractivity contribution >= 4 is 22.5 Å². The molecule has 3 aromatic rings. The van der Waals surface area contributed by atoms with Crippen molar-refractivity contribution in [2.24, 2.45) is 0 Å². The second kappa shape index (κ2) is 5.14. The summed E-state index contributed by atoms with van der Waals surface area (Å²) >= 11 is 6.18. The van der Waals surface area contributed by atoms with Gasteiger partial charge in [0.1, 0.15) is 11.5 Å². The molecular formula is C17H14ClNO. The fraction of sp³-hybridized carbons (Fsp3) is 0.118. The minimum absolute atomic E-state index is 0.634. The first-order valence-electron chi connectivity index (χ1n) is 6.44. The molecule has 0 atom stereocenters. The Balaban J connectivity index is 2.14. The van der Waals surface area contributed by atoms with Crippen LogP contribution in [-0.2, 0) is 0 Å². The number of pyridine rings is 1. The second-order valence-corrected chi connectivity index (χ2v) is 5.18. The van der Waals surface area contributed by atoms with Crippen molar-refractivity contribution in [1.82, 2.24) is 4.98 Å². The van der Waals surface area contributed by atoms with Gasteiger partial charge >= 0.3 is 0 Å². The summed E-state index contributed by atoms with van der Waals surface area (Å²) in [7, 11) is 0. The highest BCUT2D eigenvalue weighted by Crippen LogP contribution is 2.34. The third kappa shape index (κ3) is 2.23. The van der Waals surface area contributed by atoms with Gasteiger partial charge in [-0.15, -0.1) is 0 Å². The number of hydrogen-bond donors (Lipinski definition) is 0. The number of aromatic nitrogens is 1. The quantitative estimate of drug-likeness (QED) is 0.637. The summed E-state index contributed by atoms with van der Waals surface area (Å²) in [5, 5.41) is 1.55. The molecule has 0 aliphatic rings. The fourth-order valence-electron chi connectivity index (χ4n) is 2.27. The van der Waals surface area contributed by atoms with Crippen LogP contribution in [0.15, 0.2) is 48.7 Å². The average molecular weight is 284 g/mol. The zero-order valence-corrected chi connectivity index (χ0v) is 12.1. The van der Waals surface area contributed by atoms with E-state index >= 15 is 0 Å². The van der Waals surface area contributed by atoms with E-state index in [0.29, 0.717) is 5.02 Å². The molecule has 0 aliphatic heterocycles. The van der Waals surface area contributed by atoms with Gasteiger partial charge in [0, 0.05) is 11.6 Å². The van der Waals surface area contributed by atoms with Crippen LogP contribution in [0, 0.1) is 13.8 Å². The number of aryl methyl sites for hydroxylation is 2. The molecule has 0 saturated heterocycles. The molecule has 0 aliphatic carbocycles. The first-order chi connectivity index (χ1) is 9.66. The van der Waals surface area contributed by atoms with E-state index in [9.17, 15) is 0 Å². The summed E-state index contributed by atoms with van der Waals surface area (Å²) in [5.74, 6) is 1.66. The SMILES string of the molecule is Cc1cccc(C)c1Oc1ccnc2c(Cl)cccc12. The summed E-state index contributed by atoms with van der Waals surface area (Å²) in [4.78, 5) is 4.32. The zero-order valence-electron chi connectivity index (χ0n) is 11.4. The standard InChI is InChI=1S/C17H14ClNO/c1-11-5-3-6-12(2)17(11)20-15-9-10-19-16-13(15)7-4-8-14(16)18/h3-10H,1-2H3. The van der Waals surface area contributed by atoms with E-state index in [-0.39, 0.29) is 0 Å². The number of ether oxygens (including phenoxy) is 1. The zero-order chi connectivity index (χ0) is 14.1. The molecule has 100 valence electrons. The first-order valence-corrected chi connectivity index (χ1v) is 6.82. The second-order valence-electron chi connectivity index (χ2n) is 4.77. The van der Waals surface area contributed by atoms with Gasteiger partial charge in [-0.25, -0.2) is 0 Å². The molecule has 3 heteroatoms. The molecule has 0 unspecified atom stereocenters. The van der Waals surface area contributed by atoms with Crippen molar-refractivity contribution in [1.29, 1.82) is 0 Å². The summed E-state index contributed by atoms with van der Waals surface area (Å²) in [5.41, 5.74) is 2.98. The van der Waals surface area contributed by atoms with Gasteiger partial charge in [-0.3, -0.25) is 4.98 Å². The van der Waals surface area contributed by atoms with Crippen LogP contribution in [0.1, 0.15) is 11.1 Å². The number of halogens is 1. The predicted octanol–water partition coefficient (Wildman–Crippen LogP) is 5.30. The Kier molecular flexibility index (Phi) is 3.33. The van der Waals surface area contributed by atoms with Crippen LogP contribution < -0.4 is 4.74 Å². The normalized spacial score (nSPS) is 10.8. The third-order valence-corrected chi connectivity index (χ3v) is 3.61.